The molecule has 0 aromatic carbocycles. The lowest BCUT2D eigenvalue weighted by Crippen LogP contribution is -2.27. The maximum atomic E-state index is 6.24. The van der Waals surface area contributed by atoms with E-state index in [0.29, 0.717) is 5.92 Å². The van der Waals surface area contributed by atoms with E-state index in [-0.39, 0.29) is 6.04 Å². The van der Waals surface area contributed by atoms with Gasteiger partial charge in [-0.15, -0.1) is 0 Å². The zero-order chi connectivity index (χ0) is 10.7. The van der Waals surface area contributed by atoms with Crippen molar-refractivity contribution in [3.05, 3.63) is 28.5 Å². The number of aromatic nitrogens is 1. The topological polar surface area (TPSA) is 48.1 Å². The summed E-state index contributed by atoms with van der Waals surface area (Å²) in [7, 11) is 0. The maximum Gasteiger partial charge on any atom is 0.110 e. The molecule has 1 fully saturated rings. The van der Waals surface area contributed by atoms with Crippen LogP contribution in [0.4, 0.5) is 0 Å². The monoisotopic (exact) mass is 270 g/mol. The third kappa shape index (κ3) is 2.56. The molecule has 0 unspecified atom stereocenters. The van der Waals surface area contributed by atoms with Gasteiger partial charge in [-0.2, -0.15) is 0 Å². The van der Waals surface area contributed by atoms with Gasteiger partial charge in [-0.1, -0.05) is 6.07 Å². The summed E-state index contributed by atoms with van der Waals surface area (Å²) in [5, 5.41) is 0. The van der Waals surface area contributed by atoms with Gasteiger partial charge in [0.25, 0.3) is 0 Å². The highest BCUT2D eigenvalue weighted by Crippen LogP contribution is 2.30. The molecule has 0 amide bonds. The summed E-state index contributed by atoms with van der Waals surface area (Å²) in [6.45, 7) is 1.66. The van der Waals surface area contributed by atoms with Gasteiger partial charge < -0.3 is 10.5 Å². The summed E-state index contributed by atoms with van der Waals surface area (Å²) in [6.07, 6.45) is 3.86. The minimum absolute atomic E-state index is 0.0666. The van der Waals surface area contributed by atoms with Crippen LogP contribution in [0.5, 0.6) is 0 Å². The number of nitrogens with zero attached hydrogens (tertiary/aromatic N) is 1. The fraction of sp³-hybridized carbons (Fsp3) is 0.545. The van der Waals surface area contributed by atoms with Crippen LogP contribution >= 0.6 is 15.9 Å². The summed E-state index contributed by atoms with van der Waals surface area (Å²) in [5.41, 5.74) is 7.35. The van der Waals surface area contributed by atoms with Crippen LogP contribution in [-0.4, -0.2) is 18.2 Å². The third-order valence-electron chi connectivity index (χ3n) is 2.92. The van der Waals surface area contributed by atoms with Gasteiger partial charge in [0.15, 0.2) is 0 Å². The average Bonchev–Trinajstić information content (AvgIpc) is 2.30. The first-order valence-electron chi connectivity index (χ1n) is 5.23. The Balaban J connectivity index is 2.12. The molecule has 2 N–H and O–H groups in total. The molecule has 82 valence electrons. The average molecular weight is 271 g/mol. The zero-order valence-corrected chi connectivity index (χ0v) is 10.1. The molecule has 2 heterocycles. The van der Waals surface area contributed by atoms with Crippen molar-refractivity contribution in [3.8, 4) is 0 Å². The van der Waals surface area contributed by atoms with Gasteiger partial charge in [0.05, 0.1) is 0 Å². The van der Waals surface area contributed by atoms with Crippen LogP contribution in [-0.2, 0) is 4.74 Å². The first-order chi connectivity index (χ1) is 7.29. The Hall–Kier alpha value is -0.450. The lowest BCUT2D eigenvalue weighted by molar-refractivity contribution is 0.0582. The molecule has 1 aromatic heterocycles. The summed E-state index contributed by atoms with van der Waals surface area (Å²) in [5.74, 6) is 0.513. The van der Waals surface area contributed by atoms with Gasteiger partial charge in [-0.05, 0) is 40.8 Å². The molecule has 0 bridgehead atoms. The van der Waals surface area contributed by atoms with Crippen molar-refractivity contribution in [3.63, 3.8) is 0 Å². The van der Waals surface area contributed by atoms with Crippen molar-refractivity contribution in [1.29, 1.82) is 0 Å². The van der Waals surface area contributed by atoms with Crippen molar-refractivity contribution in [1.82, 2.24) is 4.98 Å². The van der Waals surface area contributed by atoms with Crippen LogP contribution in [0.3, 0.4) is 0 Å². The minimum Gasteiger partial charge on any atom is -0.381 e. The van der Waals surface area contributed by atoms with Gasteiger partial charge in [0.2, 0.25) is 0 Å². The quantitative estimate of drug-likeness (QED) is 0.839. The van der Waals surface area contributed by atoms with Gasteiger partial charge >= 0.3 is 0 Å². The predicted molar refractivity (Wildman–Crippen MR) is 62.4 cm³/mol. The predicted octanol–water partition coefficient (Wildman–Crippen LogP) is 2.27. The van der Waals surface area contributed by atoms with E-state index in [9.17, 15) is 0 Å². The minimum atomic E-state index is 0.0666. The van der Waals surface area contributed by atoms with Crippen molar-refractivity contribution < 1.29 is 4.74 Å². The molecule has 0 saturated carbocycles. The number of ether oxygens (including phenoxy) is 1. The fourth-order valence-corrected chi connectivity index (χ4v) is 2.49. The number of rotatable bonds is 2. The van der Waals surface area contributed by atoms with Crippen LogP contribution in [0.25, 0.3) is 0 Å². The number of nitrogens with two attached hydrogens (primary N) is 1. The Labute approximate surface area is 98.2 Å². The van der Waals surface area contributed by atoms with E-state index in [1.807, 2.05) is 12.1 Å². The number of pyridine rings is 1. The smallest absolute Gasteiger partial charge is 0.110 e. The molecule has 1 aliphatic heterocycles. The number of halogens is 1. The second kappa shape index (κ2) is 5.05. The second-order valence-electron chi connectivity index (χ2n) is 3.86. The Morgan fingerprint density at radius 2 is 2.20 bits per heavy atom. The molecule has 0 spiro atoms. The van der Waals surface area contributed by atoms with E-state index < -0.39 is 0 Å². The van der Waals surface area contributed by atoms with E-state index in [1.165, 1.54) is 0 Å². The van der Waals surface area contributed by atoms with Crippen LogP contribution in [0, 0.1) is 5.92 Å². The maximum absolute atomic E-state index is 6.24. The summed E-state index contributed by atoms with van der Waals surface area (Å²) in [6, 6.07) is 4.04. The first kappa shape index (κ1) is 11.0. The first-order valence-corrected chi connectivity index (χ1v) is 6.02. The summed E-state index contributed by atoms with van der Waals surface area (Å²) < 4.78 is 6.20. The molecule has 1 aromatic rings. The summed E-state index contributed by atoms with van der Waals surface area (Å²) >= 11 is 3.44. The van der Waals surface area contributed by atoms with Crippen LogP contribution in [0.1, 0.15) is 24.4 Å². The highest BCUT2D eigenvalue weighted by Gasteiger charge is 2.23. The Morgan fingerprint density at radius 1 is 1.47 bits per heavy atom. The highest BCUT2D eigenvalue weighted by atomic mass is 79.9. The third-order valence-corrected chi connectivity index (χ3v) is 3.58. The van der Waals surface area contributed by atoms with Crippen LogP contribution < -0.4 is 5.73 Å². The standard InChI is InChI=1S/C11H15BrN2O/c12-11-9(2-1-5-14-11)10(13)8-3-6-15-7-4-8/h1-2,5,8,10H,3-4,6-7,13H2/t10-/m0/s1. The highest BCUT2D eigenvalue weighted by molar-refractivity contribution is 9.10. The molecule has 0 radical (unpaired) electrons. The Bertz CT molecular complexity index is 326. The zero-order valence-electron chi connectivity index (χ0n) is 8.53. The molecule has 3 nitrogen and oxygen atoms in total. The SMILES string of the molecule is N[C@H](c1cccnc1Br)C1CCOCC1. The van der Waals surface area contributed by atoms with E-state index in [1.54, 1.807) is 6.20 Å². The van der Waals surface area contributed by atoms with E-state index in [4.69, 9.17) is 10.5 Å². The molecule has 15 heavy (non-hydrogen) atoms. The lowest BCUT2D eigenvalue weighted by atomic mass is 9.88. The number of hydrogen-bond donors (Lipinski definition) is 1. The van der Waals surface area contributed by atoms with Gasteiger partial charge in [-0.3, -0.25) is 0 Å². The van der Waals surface area contributed by atoms with Crippen molar-refractivity contribution in [2.24, 2.45) is 11.7 Å². The number of hydrogen-bond acceptors (Lipinski definition) is 3. The van der Waals surface area contributed by atoms with E-state index in [2.05, 4.69) is 20.9 Å². The molecule has 1 aliphatic rings. The van der Waals surface area contributed by atoms with E-state index >= 15 is 0 Å². The molecular formula is C11H15BrN2O. The van der Waals surface area contributed by atoms with Crippen molar-refractivity contribution in [2.75, 3.05) is 13.2 Å². The van der Waals surface area contributed by atoms with Crippen molar-refractivity contribution in [2.45, 2.75) is 18.9 Å². The molecule has 2 rings (SSSR count). The molecule has 4 heteroatoms. The second-order valence-corrected chi connectivity index (χ2v) is 4.61. The Kier molecular flexibility index (Phi) is 3.72. The van der Waals surface area contributed by atoms with Crippen molar-refractivity contribution >= 4 is 15.9 Å². The fourth-order valence-electron chi connectivity index (χ4n) is 1.98. The van der Waals surface area contributed by atoms with Gasteiger partial charge in [0.1, 0.15) is 4.60 Å². The summed E-state index contributed by atoms with van der Waals surface area (Å²) in [4.78, 5) is 4.20. The normalized spacial score (nSPS) is 20.1. The Morgan fingerprint density at radius 3 is 2.87 bits per heavy atom. The molecular weight excluding hydrogens is 256 g/mol. The van der Waals surface area contributed by atoms with Crippen LogP contribution in [0.2, 0.25) is 0 Å². The molecule has 0 aliphatic carbocycles. The lowest BCUT2D eigenvalue weighted by Gasteiger charge is -2.28. The van der Waals surface area contributed by atoms with Crippen LogP contribution in [0.15, 0.2) is 22.9 Å². The van der Waals surface area contributed by atoms with E-state index in [0.717, 1.165) is 36.2 Å². The van der Waals surface area contributed by atoms with Gasteiger partial charge in [-0.25, -0.2) is 4.98 Å². The molecule has 1 saturated heterocycles. The molecule has 1 atom stereocenters. The van der Waals surface area contributed by atoms with Gasteiger partial charge in [0, 0.05) is 31.0 Å². The largest absolute Gasteiger partial charge is 0.381 e.